The van der Waals surface area contributed by atoms with Gasteiger partial charge in [-0.2, -0.15) is 23.5 Å². The Morgan fingerprint density at radius 3 is 2.57 bits per heavy atom. The average Bonchev–Trinajstić information content (AvgIpc) is 3.05. The number of aromatic nitrogens is 2. The zero-order valence-electron chi connectivity index (χ0n) is 14.6. The number of aliphatic hydroxyl groups is 1. The Morgan fingerprint density at radius 2 is 2.00 bits per heavy atom. The topological polar surface area (TPSA) is 117 Å². The largest absolute Gasteiger partial charge is 0.416 e. The van der Waals surface area contributed by atoms with Crippen LogP contribution in [-0.2, 0) is 6.18 Å². The van der Waals surface area contributed by atoms with Gasteiger partial charge in [-0.1, -0.05) is 0 Å². The molecular formula is C18H18F3N5O2. The van der Waals surface area contributed by atoms with Crippen molar-refractivity contribution in [1.82, 2.24) is 9.78 Å². The number of anilines is 2. The van der Waals surface area contributed by atoms with Gasteiger partial charge in [0.25, 0.3) is 5.91 Å². The Labute approximate surface area is 158 Å². The van der Waals surface area contributed by atoms with Crippen molar-refractivity contribution in [2.45, 2.75) is 37.6 Å². The number of nitrogens with one attached hydrogen (secondary N) is 1. The first-order valence-electron chi connectivity index (χ1n) is 8.60. The molecule has 1 fully saturated rings. The number of hydrogen-bond acceptors (Lipinski definition) is 5. The van der Waals surface area contributed by atoms with Gasteiger partial charge in [0.05, 0.1) is 29.7 Å². The number of nitrogens with two attached hydrogens (primary N) is 1. The Hall–Kier alpha value is -3.06. The molecule has 0 aliphatic heterocycles. The predicted molar refractivity (Wildman–Crippen MR) is 93.5 cm³/mol. The fourth-order valence-electron chi connectivity index (χ4n) is 3.30. The number of nitrogens with zero attached hydrogens (tertiary/aromatic N) is 3. The molecule has 4 N–H and O–H groups in total. The SMILES string of the molecule is N#C[C@@H]1C[C@H](O)CC[C@@H]1n1cc(C(N)=O)c(Nc2ccc(C(F)(F)F)cc2)n1. The number of carbonyl (C=O) groups is 1. The molecule has 3 rings (SSSR count). The summed E-state index contributed by atoms with van der Waals surface area (Å²) in [6.45, 7) is 0. The fraction of sp³-hybridized carbons (Fsp3) is 0.389. The van der Waals surface area contributed by atoms with Crippen LogP contribution in [0.4, 0.5) is 24.7 Å². The molecule has 1 aliphatic rings. The van der Waals surface area contributed by atoms with E-state index in [1.807, 2.05) is 0 Å². The van der Waals surface area contributed by atoms with E-state index in [-0.39, 0.29) is 17.4 Å². The summed E-state index contributed by atoms with van der Waals surface area (Å²) in [6.07, 6.45) is -2.29. The van der Waals surface area contributed by atoms with Gasteiger partial charge in [0.1, 0.15) is 5.56 Å². The smallest absolute Gasteiger partial charge is 0.393 e. The Balaban J connectivity index is 1.87. The number of nitriles is 1. The number of alkyl halides is 3. The van der Waals surface area contributed by atoms with E-state index >= 15 is 0 Å². The molecule has 1 aromatic heterocycles. The molecule has 0 spiro atoms. The molecular weight excluding hydrogens is 375 g/mol. The van der Waals surface area contributed by atoms with Crippen LogP contribution in [0, 0.1) is 17.2 Å². The van der Waals surface area contributed by atoms with Gasteiger partial charge in [0, 0.05) is 11.9 Å². The van der Waals surface area contributed by atoms with Gasteiger partial charge in [-0.15, -0.1) is 0 Å². The molecule has 0 unspecified atom stereocenters. The number of benzene rings is 1. The van der Waals surface area contributed by atoms with Crippen molar-refractivity contribution in [2.75, 3.05) is 5.32 Å². The summed E-state index contributed by atoms with van der Waals surface area (Å²) < 4.78 is 39.5. The molecule has 1 aromatic carbocycles. The highest BCUT2D eigenvalue weighted by Gasteiger charge is 2.33. The van der Waals surface area contributed by atoms with Gasteiger partial charge in [-0.05, 0) is 43.5 Å². The maximum absolute atomic E-state index is 12.7. The lowest BCUT2D eigenvalue weighted by Crippen LogP contribution is -2.29. The molecule has 2 aromatic rings. The first-order chi connectivity index (χ1) is 13.2. The van der Waals surface area contributed by atoms with Crippen LogP contribution in [0.3, 0.4) is 0 Å². The molecule has 148 valence electrons. The molecule has 3 atom stereocenters. The Kier molecular flexibility index (Phi) is 5.29. The van der Waals surface area contributed by atoms with Crippen molar-refractivity contribution in [1.29, 1.82) is 5.26 Å². The Bertz CT molecular complexity index is 901. The highest BCUT2D eigenvalue weighted by molar-refractivity contribution is 5.98. The van der Waals surface area contributed by atoms with E-state index in [9.17, 15) is 28.3 Å². The van der Waals surface area contributed by atoms with Crippen LogP contribution < -0.4 is 11.1 Å². The van der Waals surface area contributed by atoms with Gasteiger partial charge >= 0.3 is 6.18 Å². The van der Waals surface area contributed by atoms with Gasteiger partial charge in [-0.3, -0.25) is 9.48 Å². The summed E-state index contributed by atoms with van der Waals surface area (Å²) >= 11 is 0. The lowest BCUT2D eigenvalue weighted by molar-refractivity contribution is -0.137. The van der Waals surface area contributed by atoms with Crippen LogP contribution in [0.5, 0.6) is 0 Å². The van der Waals surface area contributed by atoms with Crippen LogP contribution in [-0.4, -0.2) is 26.9 Å². The quantitative estimate of drug-likeness (QED) is 0.738. The Morgan fingerprint density at radius 1 is 1.32 bits per heavy atom. The van der Waals surface area contributed by atoms with Crippen molar-refractivity contribution in [3.05, 3.63) is 41.6 Å². The number of rotatable bonds is 4. The zero-order valence-corrected chi connectivity index (χ0v) is 14.6. The van der Waals surface area contributed by atoms with Gasteiger partial charge in [0.2, 0.25) is 0 Å². The van der Waals surface area contributed by atoms with E-state index in [2.05, 4.69) is 16.5 Å². The summed E-state index contributed by atoms with van der Waals surface area (Å²) in [4.78, 5) is 11.8. The fourth-order valence-corrected chi connectivity index (χ4v) is 3.30. The summed E-state index contributed by atoms with van der Waals surface area (Å²) in [5.41, 5.74) is 4.96. The first-order valence-corrected chi connectivity index (χ1v) is 8.60. The number of carbonyl (C=O) groups excluding carboxylic acids is 1. The molecule has 0 radical (unpaired) electrons. The van der Waals surface area contributed by atoms with E-state index < -0.39 is 29.7 Å². The van der Waals surface area contributed by atoms with Gasteiger partial charge in [-0.25, -0.2) is 0 Å². The van der Waals surface area contributed by atoms with Crippen LogP contribution in [0.2, 0.25) is 0 Å². The van der Waals surface area contributed by atoms with Crippen molar-refractivity contribution < 1.29 is 23.1 Å². The molecule has 1 heterocycles. The van der Waals surface area contributed by atoms with Crippen molar-refractivity contribution in [3.8, 4) is 6.07 Å². The van der Waals surface area contributed by atoms with Crippen LogP contribution in [0.1, 0.15) is 41.2 Å². The van der Waals surface area contributed by atoms with E-state index in [4.69, 9.17) is 5.73 Å². The second-order valence-corrected chi connectivity index (χ2v) is 6.71. The summed E-state index contributed by atoms with van der Waals surface area (Å²) in [6, 6.07) is 6.08. The molecule has 28 heavy (non-hydrogen) atoms. The first kappa shape index (κ1) is 19.7. The normalized spacial score (nSPS) is 22.5. The molecule has 1 aliphatic carbocycles. The van der Waals surface area contributed by atoms with Crippen molar-refractivity contribution >= 4 is 17.4 Å². The number of aliphatic hydroxyl groups excluding tert-OH is 1. The van der Waals surface area contributed by atoms with E-state index in [1.54, 1.807) is 0 Å². The lowest BCUT2D eigenvalue weighted by atomic mass is 9.84. The lowest BCUT2D eigenvalue weighted by Gasteiger charge is -2.30. The number of amides is 1. The highest BCUT2D eigenvalue weighted by atomic mass is 19.4. The minimum atomic E-state index is -4.45. The highest BCUT2D eigenvalue weighted by Crippen LogP contribution is 2.35. The number of hydrogen-bond donors (Lipinski definition) is 3. The third kappa shape index (κ3) is 4.09. The summed E-state index contributed by atoms with van der Waals surface area (Å²) in [5, 5.41) is 26.2. The number of halogens is 3. The summed E-state index contributed by atoms with van der Waals surface area (Å²) in [7, 11) is 0. The standard InChI is InChI=1S/C18H18F3N5O2/c19-18(20,21)11-1-3-12(4-2-11)24-17-14(16(23)28)9-26(25-17)15-6-5-13(27)7-10(15)8-22/h1-4,9-10,13,15,27H,5-7H2,(H2,23,28)(H,24,25)/t10-,13+,15-/m0/s1. The van der Waals surface area contributed by atoms with Crippen molar-refractivity contribution in [3.63, 3.8) is 0 Å². The minimum Gasteiger partial charge on any atom is -0.393 e. The third-order valence-electron chi connectivity index (χ3n) is 4.76. The van der Waals surface area contributed by atoms with Gasteiger partial charge in [0.15, 0.2) is 5.82 Å². The predicted octanol–water partition coefficient (Wildman–Crippen LogP) is 2.97. The molecule has 0 bridgehead atoms. The maximum Gasteiger partial charge on any atom is 0.416 e. The van der Waals surface area contributed by atoms with Crippen LogP contribution in [0.15, 0.2) is 30.5 Å². The minimum absolute atomic E-state index is 0.0581. The molecule has 7 nitrogen and oxygen atoms in total. The zero-order chi connectivity index (χ0) is 20.5. The van der Waals surface area contributed by atoms with E-state index in [0.717, 1.165) is 12.1 Å². The molecule has 1 saturated carbocycles. The number of primary amides is 1. The summed E-state index contributed by atoms with van der Waals surface area (Å²) in [5.74, 6) is -1.15. The maximum atomic E-state index is 12.7. The van der Waals surface area contributed by atoms with Crippen LogP contribution >= 0.6 is 0 Å². The van der Waals surface area contributed by atoms with E-state index in [0.29, 0.717) is 24.9 Å². The molecule has 0 saturated heterocycles. The van der Waals surface area contributed by atoms with Gasteiger partial charge < -0.3 is 16.2 Å². The van der Waals surface area contributed by atoms with Crippen LogP contribution in [0.25, 0.3) is 0 Å². The second-order valence-electron chi connectivity index (χ2n) is 6.71. The molecule has 10 heteroatoms. The monoisotopic (exact) mass is 393 g/mol. The van der Waals surface area contributed by atoms with Crippen molar-refractivity contribution in [2.24, 2.45) is 11.7 Å². The molecule has 1 amide bonds. The average molecular weight is 393 g/mol. The van der Waals surface area contributed by atoms with E-state index in [1.165, 1.54) is 23.0 Å². The third-order valence-corrected chi connectivity index (χ3v) is 4.76. The second kappa shape index (κ2) is 7.52.